The lowest BCUT2D eigenvalue weighted by molar-refractivity contribution is -0.138. The number of carboxylic acid groups (broad SMARTS) is 1. The van der Waals surface area contributed by atoms with E-state index in [4.69, 9.17) is 16.6 Å². The van der Waals surface area contributed by atoms with Gasteiger partial charge < -0.3 is 16.6 Å². The summed E-state index contributed by atoms with van der Waals surface area (Å²) in [6, 6.07) is 6.27. The molecule has 0 saturated carbocycles. The molecule has 1 rings (SSSR count). The molecule has 2 atom stereocenters. The molecule has 0 saturated heterocycles. The van der Waals surface area contributed by atoms with E-state index in [2.05, 4.69) is 22.6 Å². The quantitative estimate of drug-likeness (QED) is 0.581. The number of aliphatic carboxylic acids is 1. The molecule has 0 bridgehead atoms. The summed E-state index contributed by atoms with van der Waals surface area (Å²) in [6.07, 6.45) is 1.64. The number of benzene rings is 1. The molecule has 0 amide bonds. The zero-order chi connectivity index (χ0) is 15.1. The predicted octanol–water partition coefficient (Wildman–Crippen LogP) is 1.31. The van der Waals surface area contributed by atoms with Gasteiger partial charge in [-0.3, -0.25) is 9.59 Å². The molecule has 0 radical (unpaired) electrons. The first-order valence-corrected chi connectivity index (χ1v) is 7.49. The molecule has 0 aromatic heterocycles. The van der Waals surface area contributed by atoms with E-state index in [0.717, 1.165) is 9.13 Å². The van der Waals surface area contributed by atoms with Crippen LogP contribution in [0.3, 0.4) is 0 Å². The minimum absolute atomic E-state index is 0.0323. The Kier molecular flexibility index (Phi) is 7.11. The molecular weight excluding hydrogens is 371 g/mol. The zero-order valence-corrected chi connectivity index (χ0v) is 13.2. The highest BCUT2D eigenvalue weighted by atomic mass is 127. The van der Waals surface area contributed by atoms with Crippen LogP contribution < -0.4 is 11.5 Å². The van der Waals surface area contributed by atoms with Crippen LogP contribution in [0.5, 0.6) is 0 Å². The van der Waals surface area contributed by atoms with Gasteiger partial charge in [-0.25, -0.2) is 0 Å². The first-order chi connectivity index (χ1) is 9.40. The number of Topliss-reactive ketones (excluding diaryl/α,β-unsaturated/α-hetero) is 1. The lowest BCUT2D eigenvalue weighted by Crippen LogP contribution is -2.34. The van der Waals surface area contributed by atoms with Crippen LogP contribution >= 0.6 is 22.6 Å². The fourth-order valence-corrected chi connectivity index (χ4v) is 2.14. The molecule has 0 spiro atoms. The van der Waals surface area contributed by atoms with Crippen molar-refractivity contribution in [3.05, 3.63) is 33.4 Å². The highest BCUT2D eigenvalue weighted by Crippen LogP contribution is 2.10. The average Bonchev–Trinajstić information content (AvgIpc) is 2.40. The van der Waals surface area contributed by atoms with Crippen molar-refractivity contribution in [1.29, 1.82) is 0 Å². The lowest BCUT2D eigenvalue weighted by atomic mass is 9.99. The lowest BCUT2D eigenvalue weighted by Gasteiger charge is -2.12. The number of carboxylic acids is 1. The molecule has 5 nitrogen and oxygen atoms in total. The van der Waals surface area contributed by atoms with Crippen LogP contribution in [0.1, 0.15) is 24.8 Å². The summed E-state index contributed by atoms with van der Waals surface area (Å²) in [5, 5.41) is 8.65. The molecule has 20 heavy (non-hydrogen) atoms. The Morgan fingerprint density at radius 1 is 1.10 bits per heavy atom. The van der Waals surface area contributed by atoms with E-state index in [0.29, 0.717) is 25.7 Å². The van der Waals surface area contributed by atoms with Crippen molar-refractivity contribution in [3.8, 4) is 0 Å². The van der Waals surface area contributed by atoms with Crippen LogP contribution in [0.4, 0.5) is 0 Å². The van der Waals surface area contributed by atoms with Gasteiger partial charge in [-0.05, 0) is 59.5 Å². The average molecular weight is 390 g/mol. The van der Waals surface area contributed by atoms with Crippen molar-refractivity contribution >= 4 is 34.3 Å². The monoisotopic (exact) mass is 390 g/mol. The molecule has 0 fully saturated rings. The maximum absolute atomic E-state index is 11.9. The Balaban J connectivity index is 2.35. The highest BCUT2D eigenvalue weighted by molar-refractivity contribution is 14.1. The molecule has 1 unspecified atom stereocenters. The number of carbonyl (C=O) groups is 2. The number of hydrogen-bond donors (Lipinski definition) is 3. The second-order valence-corrected chi connectivity index (χ2v) is 6.00. The molecule has 5 N–H and O–H groups in total. The predicted molar refractivity (Wildman–Crippen MR) is 85.3 cm³/mol. The summed E-state index contributed by atoms with van der Waals surface area (Å²) >= 11 is 2.20. The smallest absolute Gasteiger partial charge is 0.320 e. The van der Waals surface area contributed by atoms with Gasteiger partial charge in [-0.2, -0.15) is 0 Å². The first-order valence-electron chi connectivity index (χ1n) is 6.41. The number of rotatable bonds is 8. The van der Waals surface area contributed by atoms with E-state index in [1.54, 1.807) is 0 Å². The van der Waals surface area contributed by atoms with Crippen LogP contribution in [0.2, 0.25) is 0 Å². The Morgan fingerprint density at radius 2 is 1.65 bits per heavy atom. The molecular formula is C14H19IN2O3. The van der Waals surface area contributed by atoms with Gasteiger partial charge in [0.15, 0.2) is 5.78 Å². The van der Waals surface area contributed by atoms with Crippen molar-refractivity contribution in [2.24, 2.45) is 11.5 Å². The fraction of sp³-hybridized carbons (Fsp3) is 0.429. The molecule has 1 aromatic carbocycles. The minimum atomic E-state index is -1.02. The van der Waals surface area contributed by atoms with Gasteiger partial charge in [-0.15, -0.1) is 0 Å². The van der Waals surface area contributed by atoms with E-state index in [9.17, 15) is 9.59 Å². The van der Waals surface area contributed by atoms with Gasteiger partial charge in [0.1, 0.15) is 6.04 Å². The summed E-state index contributed by atoms with van der Waals surface area (Å²) in [7, 11) is 0. The third kappa shape index (κ3) is 5.98. The van der Waals surface area contributed by atoms with Gasteiger partial charge in [-0.1, -0.05) is 12.1 Å². The number of halogens is 1. The largest absolute Gasteiger partial charge is 0.480 e. The normalized spacial score (nSPS) is 13.8. The molecule has 1 aromatic rings. The van der Waals surface area contributed by atoms with Gasteiger partial charge in [0.25, 0.3) is 0 Å². The summed E-state index contributed by atoms with van der Waals surface area (Å²) in [5.74, 6) is -1.06. The Hall–Kier alpha value is -0.990. The minimum Gasteiger partial charge on any atom is -0.480 e. The molecule has 0 aliphatic heterocycles. The SMILES string of the molecule is NC(CCC[C@@H](N)C(=O)O)C(=O)Cc1ccc(I)cc1. The standard InChI is InChI=1S/C14H19IN2O3/c15-10-6-4-9(5-7-10)8-13(18)11(16)2-1-3-12(17)14(19)20/h4-7,11-12H,1-3,8,16-17H2,(H,19,20)/t11?,12-/m1/s1. The van der Waals surface area contributed by atoms with E-state index < -0.39 is 18.1 Å². The van der Waals surface area contributed by atoms with E-state index >= 15 is 0 Å². The second-order valence-electron chi connectivity index (χ2n) is 4.75. The van der Waals surface area contributed by atoms with Gasteiger partial charge in [0.05, 0.1) is 6.04 Å². The van der Waals surface area contributed by atoms with E-state index in [1.165, 1.54) is 0 Å². The molecule has 0 aliphatic rings. The Labute approximate surface area is 131 Å². The third-order valence-corrected chi connectivity index (χ3v) is 3.77. The van der Waals surface area contributed by atoms with Crippen LogP contribution in [0.15, 0.2) is 24.3 Å². The summed E-state index contributed by atoms with van der Waals surface area (Å²) in [6.45, 7) is 0. The molecule has 110 valence electrons. The van der Waals surface area contributed by atoms with Crippen LogP contribution in [-0.2, 0) is 16.0 Å². The summed E-state index contributed by atoms with van der Waals surface area (Å²) < 4.78 is 1.12. The van der Waals surface area contributed by atoms with Crippen molar-refractivity contribution in [2.45, 2.75) is 37.8 Å². The van der Waals surface area contributed by atoms with Gasteiger partial charge >= 0.3 is 5.97 Å². The van der Waals surface area contributed by atoms with Crippen molar-refractivity contribution in [2.75, 3.05) is 0 Å². The van der Waals surface area contributed by atoms with Crippen LogP contribution in [0.25, 0.3) is 0 Å². The van der Waals surface area contributed by atoms with Crippen LogP contribution in [-0.4, -0.2) is 28.9 Å². The molecule has 6 heteroatoms. The van der Waals surface area contributed by atoms with E-state index in [-0.39, 0.29) is 5.78 Å². The number of hydrogen-bond acceptors (Lipinski definition) is 4. The van der Waals surface area contributed by atoms with E-state index in [1.807, 2.05) is 24.3 Å². The van der Waals surface area contributed by atoms with Gasteiger partial charge in [0.2, 0.25) is 0 Å². The van der Waals surface area contributed by atoms with Crippen molar-refractivity contribution < 1.29 is 14.7 Å². The second kappa shape index (κ2) is 8.33. The zero-order valence-electron chi connectivity index (χ0n) is 11.1. The summed E-state index contributed by atoms with van der Waals surface area (Å²) in [4.78, 5) is 22.5. The maximum atomic E-state index is 11.9. The third-order valence-electron chi connectivity index (χ3n) is 3.05. The topological polar surface area (TPSA) is 106 Å². The van der Waals surface area contributed by atoms with Gasteiger partial charge in [0, 0.05) is 9.99 Å². The highest BCUT2D eigenvalue weighted by Gasteiger charge is 2.16. The van der Waals surface area contributed by atoms with Crippen LogP contribution in [0, 0.1) is 3.57 Å². The summed E-state index contributed by atoms with van der Waals surface area (Å²) in [5.41, 5.74) is 12.1. The Bertz CT molecular complexity index is 462. The first kappa shape index (κ1) is 17.1. The van der Waals surface area contributed by atoms with Crippen molar-refractivity contribution in [1.82, 2.24) is 0 Å². The number of nitrogens with two attached hydrogens (primary N) is 2. The Morgan fingerprint density at radius 3 is 2.20 bits per heavy atom. The maximum Gasteiger partial charge on any atom is 0.320 e. The number of carbonyl (C=O) groups excluding carboxylic acids is 1. The van der Waals surface area contributed by atoms with Crippen molar-refractivity contribution in [3.63, 3.8) is 0 Å². The fourth-order valence-electron chi connectivity index (χ4n) is 1.78. The molecule has 0 heterocycles. The molecule has 0 aliphatic carbocycles. The number of ketones is 1.